The van der Waals surface area contributed by atoms with Crippen molar-refractivity contribution in [3.05, 3.63) is 68.1 Å². The van der Waals surface area contributed by atoms with E-state index in [4.69, 9.17) is 21.1 Å². The Hall–Kier alpha value is -2.29. The first-order chi connectivity index (χ1) is 14.3. The molecule has 0 fully saturated rings. The summed E-state index contributed by atoms with van der Waals surface area (Å²) in [5.41, 5.74) is 5.41. The fourth-order valence-electron chi connectivity index (χ4n) is 2.56. The van der Waals surface area contributed by atoms with Gasteiger partial charge in [-0.2, -0.15) is 0 Å². The number of fused-ring (bicyclic) bond motifs is 1. The summed E-state index contributed by atoms with van der Waals surface area (Å²) in [7, 11) is 0. The van der Waals surface area contributed by atoms with Gasteiger partial charge in [0.1, 0.15) is 11.5 Å². The van der Waals surface area contributed by atoms with E-state index in [1.165, 1.54) is 0 Å². The quantitative estimate of drug-likeness (QED) is 0.422. The first-order valence-corrected chi connectivity index (χ1v) is 10.8. The highest BCUT2D eigenvalue weighted by molar-refractivity contribution is 9.11. The molecule has 0 saturated carbocycles. The second-order valence-corrected chi connectivity index (χ2v) is 8.44. The molecule has 3 rings (SSSR count). The highest BCUT2D eigenvalue weighted by atomic mass is 79.9. The molecule has 0 heterocycles. The maximum atomic E-state index is 12.0. The van der Waals surface area contributed by atoms with Crippen molar-refractivity contribution in [1.29, 1.82) is 0 Å². The van der Waals surface area contributed by atoms with Crippen LogP contribution in [-0.4, -0.2) is 25.0 Å². The van der Waals surface area contributed by atoms with Crippen molar-refractivity contribution in [2.24, 2.45) is 0 Å². The van der Waals surface area contributed by atoms with Crippen molar-refractivity contribution < 1.29 is 19.1 Å². The van der Waals surface area contributed by atoms with Crippen LogP contribution in [0.3, 0.4) is 0 Å². The monoisotopic (exact) mass is 554 g/mol. The van der Waals surface area contributed by atoms with E-state index in [1.807, 2.05) is 31.2 Å². The molecule has 6 nitrogen and oxygen atoms in total. The maximum absolute atomic E-state index is 12.0. The summed E-state index contributed by atoms with van der Waals surface area (Å²) >= 11 is 12.9. The summed E-state index contributed by atoms with van der Waals surface area (Å²) in [6.07, 6.45) is 0. The molecule has 0 radical (unpaired) electrons. The fraction of sp³-hybridized carbons (Fsp3) is 0.143. The van der Waals surface area contributed by atoms with Crippen LogP contribution in [0.15, 0.2) is 57.5 Å². The molecule has 156 valence electrons. The van der Waals surface area contributed by atoms with Gasteiger partial charge in [-0.15, -0.1) is 0 Å². The second-order valence-electron chi connectivity index (χ2n) is 6.33. The molecule has 9 heteroatoms. The van der Waals surface area contributed by atoms with Gasteiger partial charge in [0, 0.05) is 9.50 Å². The van der Waals surface area contributed by atoms with Crippen LogP contribution in [0.5, 0.6) is 11.5 Å². The molecular weight excluding hydrogens is 540 g/mol. The van der Waals surface area contributed by atoms with Crippen molar-refractivity contribution in [2.75, 3.05) is 13.2 Å². The average Bonchev–Trinajstić information content (AvgIpc) is 2.72. The summed E-state index contributed by atoms with van der Waals surface area (Å²) in [6, 6.07) is 14.6. The second kappa shape index (κ2) is 10.1. The lowest BCUT2D eigenvalue weighted by atomic mass is 10.1. The Morgan fingerprint density at radius 3 is 2.33 bits per heavy atom. The number of nitrogens with one attached hydrogen (secondary N) is 2. The van der Waals surface area contributed by atoms with Crippen molar-refractivity contribution in [1.82, 2.24) is 10.9 Å². The average molecular weight is 557 g/mol. The van der Waals surface area contributed by atoms with Crippen LogP contribution in [0.25, 0.3) is 10.8 Å². The lowest BCUT2D eigenvalue weighted by molar-refractivity contribution is -0.131. The standard InChI is InChI=1S/C21H17Br2ClN2O4/c1-12-8-15(4-6-17(12)24)29-10-19(27)25-26-20(28)11-30-18-7-2-13-9-14(22)3-5-16(13)21(18)23/h2-9H,10-11H2,1H3,(H,25,27)(H,26,28). The molecule has 0 atom stereocenters. The topological polar surface area (TPSA) is 76.7 Å². The molecular formula is C21H17Br2ClN2O4. The van der Waals surface area contributed by atoms with Crippen LogP contribution >= 0.6 is 43.5 Å². The molecule has 0 unspecified atom stereocenters. The number of amides is 2. The number of hydrogen-bond donors (Lipinski definition) is 2. The molecule has 0 saturated heterocycles. The minimum Gasteiger partial charge on any atom is -0.484 e. The van der Waals surface area contributed by atoms with E-state index in [1.54, 1.807) is 24.3 Å². The van der Waals surface area contributed by atoms with E-state index in [2.05, 4.69) is 42.7 Å². The van der Waals surface area contributed by atoms with Gasteiger partial charge in [-0.05, 0) is 75.6 Å². The van der Waals surface area contributed by atoms with E-state index in [-0.39, 0.29) is 13.2 Å². The number of carbonyl (C=O) groups excluding carboxylic acids is 2. The lowest BCUT2D eigenvalue weighted by Crippen LogP contribution is -2.45. The number of aryl methyl sites for hydroxylation is 1. The number of halogens is 3. The minimum absolute atomic E-state index is 0.256. The smallest absolute Gasteiger partial charge is 0.276 e. The van der Waals surface area contributed by atoms with Crippen molar-refractivity contribution in [2.45, 2.75) is 6.92 Å². The number of carbonyl (C=O) groups is 2. The Kier molecular flexibility index (Phi) is 7.58. The fourth-order valence-corrected chi connectivity index (χ4v) is 3.67. The SMILES string of the molecule is Cc1cc(OCC(=O)NNC(=O)COc2ccc3cc(Br)ccc3c2Br)ccc1Cl. The van der Waals surface area contributed by atoms with E-state index < -0.39 is 11.8 Å². The number of hydrogen-bond acceptors (Lipinski definition) is 4. The highest BCUT2D eigenvalue weighted by Crippen LogP contribution is 2.34. The molecule has 3 aromatic carbocycles. The number of benzene rings is 3. The van der Waals surface area contributed by atoms with Crippen molar-refractivity contribution in [3.8, 4) is 11.5 Å². The van der Waals surface area contributed by atoms with Gasteiger partial charge in [0.15, 0.2) is 13.2 Å². The number of rotatable bonds is 6. The molecule has 0 aliphatic heterocycles. The van der Waals surface area contributed by atoms with Crippen LogP contribution in [-0.2, 0) is 9.59 Å². The Labute approximate surface area is 195 Å². The number of hydrazine groups is 1. The van der Waals surface area contributed by atoms with Crippen LogP contribution < -0.4 is 20.3 Å². The van der Waals surface area contributed by atoms with Gasteiger partial charge in [-0.3, -0.25) is 20.4 Å². The molecule has 0 aromatic heterocycles. The summed E-state index contributed by atoms with van der Waals surface area (Å²) in [5.74, 6) is 0.0181. The third-order valence-electron chi connectivity index (χ3n) is 4.08. The Bertz CT molecular complexity index is 1110. The zero-order chi connectivity index (χ0) is 21.7. The minimum atomic E-state index is -0.506. The number of ether oxygens (including phenoxy) is 2. The van der Waals surface area contributed by atoms with Gasteiger partial charge < -0.3 is 9.47 Å². The predicted molar refractivity (Wildman–Crippen MR) is 123 cm³/mol. The highest BCUT2D eigenvalue weighted by Gasteiger charge is 2.10. The predicted octanol–water partition coefficient (Wildman–Crippen LogP) is 4.93. The van der Waals surface area contributed by atoms with Crippen molar-refractivity contribution >= 4 is 66.0 Å². The summed E-state index contributed by atoms with van der Waals surface area (Å²) < 4.78 is 12.6. The normalized spacial score (nSPS) is 10.5. The molecule has 0 spiro atoms. The molecule has 0 aliphatic carbocycles. The molecule has 30 heavy (non-hydrogen) atoms. The Morgan fingerprint density at radius 2 is 1.63 bits per heavy atom. The molecule has 2 amide bonds. The third kappa shape index (κ3) is 5.87. The first kappa shape index (κ1) is 22.4. The summed E-state index contributed by atoms with van der Waals surface area (Å²) in [5, 5.41) is 2.60. The van der Waals surface area contributed by atoms with Crippen LogP contribution in [0.1, 0.15) is 5.56 Å². The van der Waals surface area contributed by atoms with Gasteiger partial charge >= 0.3 is 0 Å². The zero-order valence-corrected chi connectivity index (χ0v) is 19.7. The van der Waals surface area contributed by atoms with Gasteiger partial charge in [0.2, 0.25) is 0 Å². The third-order valence-corrected chi connectivity index (χ3v) is 5.82. The van der Waals surface area contributed by atoms with Gasteiger partial charge in [0.05, 0.1) is 4.47 Å². The van der Waals surface area contributed by atoms with E-state index in [9.17, 15) is 9.59 Å². The largest absolute Gasteiger partial charge is 0.484 e. The maximum Gasteiger partial charge on any atom is 0.276 e. The van der Waals surface area contributed by atoms with E-state index >= 15 is 0 Å². The van der Waals surface area contributed by atoms with Crippen LogP contribution in [0.2, 0.25) is 5.02 Å². The first-order valence-electron chi connectivity index (χ1n) is 8.80. The van der Waals surface area contributed by atoms with Gasteiger partial charge in [-0.1, -0.05) is 39.7 Å². The van der Waals surface area contributed by atoms with E-state index in [0.29, 0.717) is 16.5 Å². The Balaban J connectivity index is 1.46. The van der Waals surface area contributed by atoms with Gasteiger partial charge in [-0.25, -0.2) is 0 Å². The molecule has 3 aromatic rings. The molecule has 0 aliphatic rings. The Morgan fingerprint density at radius 1 is 0.933 bits per heavy atom. The molecule has 0 bridgehead atoms. The van der Waals surface area contributed by atoms with E-state index in [0.717, 1.165) is 25.3 Å². The van der Waals surface area contributed by atoms with Crippen LogP contribution in [0.4, 0.5) is 0 Å². The lowest BCUT2D eigenvalue weighted by Gasteiger charge is -2.12. The zero-order valence-electron chi connectivity index (χ0n) is 15.8. The summed E-state index contributed by atoms with van der Waals surface area (Å²) in [6.45, 7) is 1.31. The summed E-state index contributed by atoms with van der Waals surface area (Å²) in [4.78, 5) is 23.8. The van der Waals surface area contributed by atoms with Crippen LogP contribution in [0, 0.1) is 6.92 Å². The molecule has 2 N–H and O–H groups in total. The van der Waals surface area contributed by atoms with Gasteiger partial charge in [0.25, 0.3) is 11.8 Å². The van der Waals surface area contributed by atoms with Crippen molar-refractivity contribution in [3.63, 3.8) is 0 Å².